The van der Waals surface area contributed by atoms with Crippen molar-refractivity contribution in [3.05, 3.63) is 123 Å². The monoisotopic (exact) mass is 425 g/mol. The molecule has 1 aliphatic heterocycles. The molecule has 1 aromatic heterocycles. The van der Waals surface area contributed by atoms with E-state index in [2.05, 4.69) is 21.4 Å². The summed E-state index contributed by atoms with van der Waals surface area (Å²) in [4.78, 5) is 18.7. The van der Waals surface area contributed by atoms with Crippen LogP contribution in [0.25, 0.3) is 5.70 Å². The standard InChI is InChI=1S/C25H19N3O2S/c29-24-22-20(17-10-7-13-19(14-17)30-18-11-5-2-6-12-18)15-21(16-8-3-1-4-9-16)26-23(22)27-25(31)28-24/h1-15,20H,(H3,26,27,28,29,31). The van der Waals surface area contributed by atoms with Crippen LogP contribution in [0.5, 0.6) is 11.5 Å². The maximum Gasteiger partial charge on any atom is 0.257 e. The van der Waals surface area contributed by atoms with Crippen LogP contribution in [0.2, 0.25) is 0 Å². The predicted octanol–water partition coefficient (Wildman–Crippen LogP) is 5.82. The van der Waals surface area contributed by atoms with Crippen molar-refractivity contribution < 1.29 is 4.74 Å². The molecular formula is C25H19N3O2S. The van der Waals surface area contributed by atoms with E-state index >= 15 is 0 Å². The zero-order valence-corrected chi connectivity index (χ0v) is 17.3. The molecule has 1 atom stereocenters. The fourth-order valence-corrected chi connectivity index (χ4v) is 3.96. The molecule has 0 spiro atoms. The number of para-hydroxylation sites is 1. The van der Waals surface area contributed by atoms with Crippen LogP contribution in [0, 0.1) is 4.77 Å². The van der Waals surface area contributed by atoms with Crippen LogP contribution in [-0.4, -0.2) is 9.97 Å². The molecule has 152 valence electrons. The van der Waals surface area contributed by atoms with Gasteiger partial charge >= 0.3 is 0 Å². The van der Waals surface area contributed by atoms with Crippen molar-refractivity contribution in [2.75, 3.05) is 5.32 Å². The van der Waals surface area contributed by atoms with E-state index in [-0.39, 0.29) is 16.2 Å². The Balaban J connectivity index is 1.61. The van der Waals surface area contributed by atoms with Crippen LogP contribution in [0.1, 0.15) is 22.6 Å². The number of ether oxygens (including phenoxy) is 1. The number of aromatic amines is 2. The van der Waals surface area contributed by atoms with E-state index in [0.29, 0.717) is 17.1 Å². The molecule has 0 radical (unpaired) electrons. The zero-order valence-electron chi connectivity index (χ0n) is 16.5. The van der Waals surface area contributed by atoms with Gasteiger partial charge in [-0.05, 0) is 53.7 Å². The zero-order chi connectivity index (χ0) is 21.2. The van der Waals surface area contributed by atoms with Crippen LogP contribution in [0.4, 0.5) is 5.82 Å². The molecule has 1 aliphatic rings. The second-order valence-electron chi connectivity index (χ2n) is 7.23. The molecule has 3 N–H and O–H groups in total. The van der Waals surface area contributed by atoms with Crippen LogP contribution >= 0.6 is 12.2 Å². The minimum atomic E-state index is -0.277. The third kappa shape index (κ3) is 3.93. The Hall–Kier alpha value is -3.90. The summed E-state index contributed by atoms with van der Waals surface area (Å²) in [5, 5.41) is 3.34. The molecule has 0 amide bonds. The van der Waals surface area contributed by atoms with Crippen molar-refractivity contribution in [1.82, 2.24) is 9.97 Å². The van der Waals surface area contributed by atoms with Gasteiger partial charge in [0.25, 0.3) is 5.56 Å². The number of H-pyrrole nitrogens is 2. The summed E-state index contributed by atoms with van der Waals surface area (Å²) >= 11 is 5.20. The first-order chi connectivity index (χ1) is 15.2. The van der Waals surface area contributed by atoms with E-state index in [1.54, 1.807) is 0 Å². The van der Waals surface area contributed by atoms with Crippen molar-refractivity contribution in [2.24, 2.45) is 0 Å². The number of hydrogen-bond acceptors (Lipinski definition) is 4. The van der Waals surface area contributed by atoms with Crippen LogP contribution in [-0.2, 0) is 0 Å². The van der Waals surface area contributed by atoms with Gasteiger partial charge in [0.2, 0.25) is 0 Å². The molecule has 2 heterocycles. The van der Waals surface area contributed by atoms with Crippen LogP contribution in [0.3, 0.4) is 0 Å². The summed E-state index contributed by atoms with van der Waals surface area (Å²) in [5.74, 6) is 1.79. The lowest BCUT2D eigenvalue weighted by atomic mass is 9.88. The van der Waals surface area contributed by atoms with Crippen molar-refractivity contribution in [3.8, 4) is 11.5 Å². The van der Waals surface area contributed by atoms with E-state index in [9.17, 15) is 4.79 Å². The average molecular weight is 426 g/mol. The number of anilines is 1. The van der Waals surface area contributed by atoms with Crippen LogP contribution in [0.15, 0.2) is 95.8 Å². The van der Waals surface area contributed by atoms with Gasteiger partial charge in [0.1, 0.15) is 17.3 Å². The van der Waals surface area contributed by atoms with Gasteiger partial charge in [-0.3, -0.25) is 9.78 Å². The quantitative estimate of drug-likeness (QED) is 0.360. The lowest BCUT2D eigenvalue weighted by Gasteiger charge is -2.25. The van der Waals surface area contributed by atoms with E-state index in [1.807, 2.05) is 84.9 Å². The summed E-state index contributed by atoms with van der Waals surface area (Å²) in [6.45, 7) is 0. The Morgan fingerprint density at radius 2 is 1.52 bits per heavy atom. The van der Waals surface area contributed by atoms with E-state index in [0.717, 1.165) is 22.6 Å². The molecule has 4 aromatic rings. The number of benzene rings is 3. The smallest absolute Gasteiger partial charge is 0.257 e. The molecular weight excluding hydrogens is 406 g/mol. The molecule has 0 fully saturated rings. The van der Waals surface area contributed by atoms with Crippen molar-refractivity contribution >= 4 is 23.7 Å². The second-order valence-corrected chi connectivity index (χ2v) is 7.64. The Morgan fingerprint density at radius 3 is 2.29 bits per heavy atom. The van der Waals surface area contributed by atoms with Gasteiger partial charge in [-0.2, -0.15) is 0 Å². The number of nitrogens with one attached hydrogen (secondary N) is 3. The molecule has 0 saturated carbocycles. The van der Waals surface area contributed by atoms with Gasteiger partial charge in [-0.1, -0.05) is 60.7 Å². The largest absolute Gasteiger partial charge is 0.457 e. The van der Waals surface area contributed by atoms with E-state index in [4.69, 9.17) is 17.0 Å². The van der Waals surface area contributed by atoms with Gasteiger partial charge < -0.3 is 15.0 Å². The molecule has 6 heteroatoms. The van der Waals surface area contributed by atoms with Crippen molar-refractivity contribution in [3.63, 3.8) is 0 Å². The summed E-state index contributed by atoms with van der Waals surface area (Å²) in [6.07, 6.45) is 2.06. The van der Waals surface area contributed by atoms with Gasteiger partial charge in [0.15, 0.2) is 4.77 Å². The fraction of sp³-hybridized carbons (Fsp3) is 0.0400. The molecule has 5 nitrogen and oxygen atoms in total. The first-order valence-electron chi connectivity index (χ1n) is 9.91. The Labute approximate surface area is 184 Å². The van der Waals surface area contributed by atoms with Gasteiger partial charge in [-0.15, -0.1) is 0 Å². The number of aromatic nitrogens is 2. The molecule has 0 bridgehead atoms. The summed E-state index contributed by atoms with van der Waals surface area (Å²) in [6, 6.07) is 27.4. The molecule has 0 saturated heterocycles. The molecule has 0 aliphatic carbocycles. The number of rotatable bonds is 4. The predicted molar refractivity (Wildman–Crippen MR) is 125 cm³/mol. The summed E-state index contributed by atoms with van der Waals surface area (Å²) in [5.41, 5.74) is 3.25. The minimum absolute atomic E-state index is 0.214. The number of hydrogen-bond donors (Lipinski definition) is 3. The normalized spacial score (nSPS) is 14.8. The van der Waals surface area contributed by atoms with Gasteiger partial charge in [-0.25, -0.2) is 0 Å². The maximum atomic E-state index is 12.8. The van der Waals surface area contributed by atoms with Crippen molar-refractivity contribution in [1.29, 1.82) is 0 Å². The molecule has 5 rings (SSSR count). The first kappa shape index (κ1) is 19.1. The number of allylic oxidation sites excluding steroid dienone is 1. The highest BCUT2D eigenvalue weighted by molar-refractivity contribution is 7.71. The SMILES string of the molecule is O=c1[nH]c(=S)[nH]c2c1C(c1cccc(Oc3ccccc3)c1)C=C(c1ccccc1)N2. The van der Waals surface area contributed by atoms with E-state index in [1.165, 1.54) is 0 Å². The topological polar surface area (TPSA) is 69.9 Å². The van der Waals surface area contributed by atoms with Crippen molar-refractivity contribution in [2.45, 2.75) is 5.92 Å². The minimum Gasteiger partial charge on any atom is -0.457 e. The fourth-order valence-electron chi connectivity index (χ4n) is 3.76. The lowest BCUT2D eigenvalue weighted by molar-refractivity contribution is 0.482. The Bertz CT molecular complexity index is 1380. The average Bonchev–Trinajstić information content (AvgIpc) is 2.79. The molecule has 3 aromatic carbocycles. The number of fused-ring (bicyclic) bond motifs is 1. The van der Waals surface area contributed by atoms with Crippen LogP contribution < -0.4 is 15.6 Å². The van der Waals surface area contributed by atoms with E-state index < -0.39 is 0 Å². The lowest BCUT2D eigenvalue weighted by Crippen LogP contribution is -2.24. The molecule has 1 unspecified atom stereocenters. The highest BCUT2D eigenvalue weighted by Crippen LogP contribution is 2.37. The Kier molecular flexibility index (Phi) is 4.98. The maximum absolute atomic E-state index is 12.8. The first-order valence-corrected chi connectivity index (χ1v) is 10.3. The Morgan fingerprint density at radius 1 is 0.806 bits per heavy atom. The van der Waals surface area contributed by atoms with Gasteiger partial charge in [0, 0.05) is 11.6 Å². The highest BCUT2D eigenvalue weighted by atomic mass is 32.1. The van der Waals surface area contributed by atoms with Gasteiger partial charge in [0.05, 0.1) is 5.56 Å². The molecule has 31 heavy (non-hydrogen) atoms. The third-order valence-corrected chi connectivity index (χ3v) is 5.37. The summed E-state index contributed by atoms with van der Waals surface area (Å²) < 4.78 is 6.29. The second kappa shape index (κ2) is 8.08. The summed E-state index contributed by atoms with van der Waals surface area (Å²) in [7, 11) is 0. The third-order valence-electron chi connectivity index (χ3n) is 5.16. The highest BCUT2D eigenvalue weighted by Gasteiger charge is 2.26.